The van der Waals surface area contributed by atoms with E-state index in [2.05, 4.69) is 34.1 Å². The molecule has 8 rings (SSSR count). The maximum Gasteiger partial charge on any atom is 0.429 e. The van der Waals surface area contributed by atoms with E-state index >= 15 is 0 Å². The van der Waals surface area contributed by atoms with Crippen molar-refractivity contribution in [2.45, 2.75) is 32.3 Å². The Morgan fingerprint density at radius 1 is 0.635 bits per heavy atom. The quantitative estimate of drug-likeness (QED) is 0.0890. The van der Waals surface area contributed by atoms with Gasteiger partial charge in [0, 0.05) is 52.9 Å². The average molecular weight is 860 g/mol. The SMILES string of the molecule is COCC[N+]1(C(C(=O)OC)N2C(=O)CN(Cc3ccc(-c4ccccc4CN4CCOCC4)cc3)C2=O)C(=O)CN(Cc2ccc(-c3ccccc3CN3CCOCC3)cc2)C1=O. The third-order valence-electron chi connectivity index (χ3n) is 12.5. The molecule has 4 aliphatic rings. The van der Waals surface area contributed by atoms with E-state index < -0.39 is 40.5 Å². The van der Waals surface area contributed by atoms with Gasteiger partial charge in [-0.2, -0.15) is 4.90 Å². The van der Waals surface area contributed by atoms with Crippen LogP contribution in [0.2, 0.25) is 0 Å². The highest BCUT2D eigenvalue weighted by Gasteiger charge is 2.66. The van der Waals surface area contributed by atoms with Crippen LogP contribution in [0.5, 0.6) is 0 Å². The summed E-state index contributed by atoms with van der Waals surface area (Å²) < 4.78 is 20.4. The number of esters is 1. The lowest BCUT2D eigenvalue weighted by Gasteiger charge is -2.37. The summed E-state index contributed by atoms with van der Waals surface area (Å²) in [5.41, 5.74) is 8.15. The summed E-state index contributed by atoms with van der Waals surface area (Å²) in [7, 11) is 2.52. The van der Waals surface area contributed by atoms with E-state index in [1.165, 1.54) is 28.0 Å². The molecule has 63 heavy (non-hydrogen) atoms. The van der Waals surface area contributed by atoms with Crippen LogP contribution in [0.15, 0.2) is 97.1 Å². The Balaban J connectivity index is 0.989. The molecule has 0 N–H and O–H groups in total. The number of urea groups is 2. The number of methoxy groups -OCH3 is 2. The summed E-state index contributed by atoms with van der Waals surface area (Å²) in [5, 5.41) is 0. The number of carbonyl (C=O) groups excluding carboxylic acids is 5. The summed E-state index contributed by atoms with van der Waals surface area (Å²) in [6, 6.07) is 30.6. The lowest BCUT2D eigenvalue weighted by atomic mass is 9.98. The molecule has 4 fully saturated rings. The molecule has 15 nitrogen and oxygen atoms in total. The van der Waals surface area contributed by atoms with Crippen LogP contribution in [-0.4, -0.2) is 158 Å². The standard InChI is InChI=1S/C48H55N6O9/c1-60-28-23-54(44(56)34-52(48(54)59)30-36-13-17-38(18-14-36)42-10-6-4-8-40(42)32-50-21-26-63-27-22-50)45(46(57)61-2)53-43(55)33-51(47(53)58)29-35-11-15-37(16-12-35)41-9-5-3-7-39(41)31-49-19-24-62-25-20-49/h3-18,45H,19-34H2,1-2H3/q+1. The number of amides is 6. The van der Waals surface area contributed by atoms with E-state index in [1.54, 1.807) is 0 Å². The topological polar surface area (TPSA) is 138 Å². The molecular formula is C48H55N6O9+. The molecule has 0 spiro atoms. The zero-order valence-corrected chi connectivity index (χ0v) is 36.0. The van der Waals surface area contributed by atoms with Crippen LogP contribution >= 0.6 is 0 Å². The molecule has 4 aromatic carbocycles. The average Bonchev–Trinajstić information content (AvgIpc) is 3.72. The molecule has 0 aromatic heterocycles. The number of rotatable bonds is 16. The van der Waals surface area contributed by atoms with Gasteiger partial charge in [0.15, 0.2) is 0 Å². The van der Waals surface area contributed by atoms with Gasteiger partial charge in [0.25, 0.3) is 12.1 Å². The van der Waals surface area contributed by atoms with E-state index in [1.807, 2.05) is 72.8 Å². The fourth-order valence-electron chi connectivity index (χ4n) is 9.08. The molecule has 0 radical (unpaired) electrons. The number of morpholine rings is 2. The number of imide groups is 2. The lowest BCUT2D eigenvalue weighted by Crippen LogP contribution is -2.70. The summed E-state index contributed by atoms with van der Waals surface area (Å²) >= 11 is 0. The minimum Gasteiger partial charge on any atom is -0.463 e. The highest BCUT2D eigenvalue weighted by atomic mass is 16.5. The molecule has 0 saturated carbocycles. The Morgan fingerprint density at radius 3 is 1.62 bits per heavy atom. The van der Waals surface area contributed by atoms with Gasteiger partial charge in [-0.15, -0.1) is 4.48 Å². The molecule has 4 saturated heterocycles. The zero-order chi connectivity index (χ0) is 43.9. The van der Waals surface area contributed by atoms with Gasteiger partial charge in [-0.1, -0.05) is 97.1 Å². The largest absolute Gasteiger partial charge is 0.463 e. The highest BCUT2D eigenvalue weighted by molar-refractivity contribution is 6.06. The number of ether oxygens (including phenoxy) is 4. The van der Waals surface area contributed by atoms with Crippen molar-refractivity contribution in [1.29, 1.82) is 0 Å². The molecule has 6 amide bonds. The van der Waals surface area contributed by atoms with E-state index in [9.17, 15) is 24.0 Å². The first kappa shape index (κ1) is 43.8. The second-order valence-electron chi connectivity index (χ2n) is 16.4. The van der Waals surface area contributed by atoms with Gasteiger partial charge in [-0.05, 0) is 44.5 Å². The predicted octanol–water partition coefficient (Wildman–Crippen LogP) is 4.57. The number of hydrogen-bond acceptors (Lipinski definition) is 11. The van der Waals surface area contributed by atoms with Gasteiger partial charge in [-0.3, -0.25) is 19.5 Å². The van der Waals surface area contributed by atoms with Gasteiger partial charge in [0.1, 0.15) is 19.6 Å². The first-order valence-electron chi connectivity index (χ1n) is 21.5. The number of nitrogens with zero attached hydrogens (tertiary/aromatic N) is 6. The maximum atomic E-state index is 14.7. The molecule has 4 aromatic rings. The number of benzene rings is 4. The molecule has 2 atom stereocenters. The summed E-state index contributed by atoms with van der Waals surface area (Å²) in [5.74, 6) is -2.43. The fraction of sp³-hybridized carbons (Fsp3) is 0.396. The molecule has 15 heteroatoms. The summed E-state index contributed by atoms with van der Waals surface area (Å²) in [6.07, 6.45) is -1.89. The van der Waals surface area contributed by atoms with Crippen LogP contribution in [0.1, 0.15) is 22.3 Å². The second-order valence-corrected chi connectivity index (χ2v) is 16.4. The van der Waals surface area contributed by atoms with Crippen LogP contribution in [0.3, 0.4) is 0 Å². The molecule has 330 valence electrons. The van der Waals surface area contributed by atoms with Gasteiger partial charge < -0.3 is 23.8 Å². The van der Waals surface area contributed by atoms with Crippen LogP contribution in [0.25, 0.3) is 22.3 Å². The molecule has 4 heterocycles. The monoisotopic (exact) mass is 859 g/mol. The van der Waals surface area contributed by atoms with Crippen molar-refractivity contribution in [2.24, 2.45) is 0 Å². The minimum atomic E-state index is -1.89. The van der Waals surface area contributed by atoms with Crippen molar-refractivity contribution < 1.29 is 47.4 Å². The number of carbonyl (C=O) groups is 5. The smallest absolute Gasteiger partial charge is 0.429 e. The van der Waals surface area contributed by atoms with Crippen molar-refractivity contribution in [3.8, 4) is 22.3 Å². The molecule has 0 aliphatic carbocycles. The van der Waals surface area contributed by atoms with E-state index in [0.29, 0.717) is 26.4 Å². The fourth-order valence-corrected chi connectivity index (χ4v) is 9.08. The normalized spacial score (nSPS) is 20.5. The molecule has 0 bridgehead atoms. The Morgan fingerprint density at radius 2 is 1.13 bits per heavy atom. The predicted molar refractivity (Wildman–Crippen MR) is 232 cm³/mol. The van der Waals surface area contributed by atoms with Crippen molar-refractivity contribution in [2.75, 3.05) is 93.1 Å². The van der Waals surface area contributed by atoms with Gasteiger partial charge in [0.05, 0.1) is 46.7 Å². The third-order valence-corrected chi connectivity index (χ3v) is 12.5. The van der Waals surface area contributed by atoms with E-state index in [0.717, 1.165) is 84.7 Å². The van der Waals surface area contributed by atoms with Gasteiger partial charge in [0.2, 0.25) is 0 Å². The van der Waals surface area contributed by atoms with Gasteiger partial charge in [-0.25, -0.2) is 19.2 Å². The zero-order valence-electron chi connectivity index (χ0n) is 36.0. The molecular weight excluding hydrogens is 805 g/mol. The van der Waals surface area contributed by atoms with Crippen LogP contribution < -0.4 is 0 Å². The second kappa shape index (κ2) is 19.7. The highest BCUT2D eigenvalue weighted by Crippen LogP contribution is 2.34. The molecule has 4 aliphatic heterocycles. The maximum absolute atomic E-state index is 14.7. The first-order valence-corrected chi connectivity index (χ1v) is 21.5. The van der Waals surface area contributed by atoms with Crippen molar-refractivity contribution in [1.82, 2.24) is 24.5 Å². The van der Waals surface area contributed by atoms with Gasteiger partial charge >= 0.3 is 23.9 Å². The van der Waals surface area contributed by atoms with Crippen LogP contribution in [0.4, 0.5) is 9.59 Å². The van der Waals surface area contributed by atoms with Crippen molar-refractivity contribution >= 4 is 29.8 Å². The van der Waals surface area contributed by atoms with Crippen molar-refractivity contribution in [3.05, 3.63) is 119 Å². The summed E-state index contributed by atoms with van der Waals surface area (Å²) in [4.78, 5) is 79.1. The molecule has 2 unspecified atom stereocenters. The first-order chi connectivity index (χ1) is 30.7. The lowest BCUT2D eigenvalue weighted by molar-refractivity contribution is -0.798. The third kappa shape index (κ3) is 9.30. The number of hydrogen-bond donors (Lipinski definition) is 0. The van der Waals surface area contributed by atoms with Crippen LogP contribution in [0, 0.1) is 0 Å². The van der Waals surface area contributed by atoms with E-state index in [4.69, 9.17) is 18.9 Å². The Kier molecular flexibility index (Phi) is 13.7. The summed E-state index contributed by atoms with van der Waals surface area (Å²) in [6.45, 7) is 6.96. The van der Waals surface area contributed by atoms with Crippen LogP contribution in [-0.2, 0) is 59.5 Å². The van der Waals surface area contributed by atoms with E-state index in [-0.39, 0.29) is 39.3 Å². The Hall–Kier alpha value is -5.81. The minimum absolute atomic E-state index is 0.0584. The Bertz CT molecular complexity index is 2290. The Labute approximate surface area is 367 Å². The number of quaternary nitrogens is 1. The van der Waals surface area contributed by atoms with Crippen molar-refractivity contribution in [3.63, 3.8) is 0 Å².